The van der Waals surface area contributed by atoms with E-state index in [1.165, 1.54) is 18.3 Å². The zero-order valence-electron chi connectivity index (χ0n) is 17.4. The van der Waals surface area contributed by atoms with Crippen LogP contribution in [0.2, 0.25) is 0 Å². The summed E-state index contributed by atoms with van der Waals surface area (Å²) < 4.78 is 10.2. The van der Waals surface area contributed by atoms with Gasteiger partial charge < -0.3 is 25.0 Å². The number of amides is 2. The summed E-state index contributed by atoms with van der Waals surface area (Å²) >= 11 is 0. The number of carboxylic acid groups (broad SMARTS) is 1. The average Bonchev–Trinajstić information content (AvgIpc) is 2.69. The largest absolute Gasteiger partial charge is 0.480 e. The smallest absolute Gasteiger partial charge is 0.413 e. The second kappa shape index (κ2) is 10.4. The van der Waals surface area contributed by atoms with E-state index in [4.69, 9.17) is 9.47 Å². The van der Waals surface area contributed by atoms with Crippen LogP contribution in [0.5, 0.6) is 0 Å². The highest BCUT2D eigenvalue weighted by Crippen LogP contribution is 2.24. The molecular formula is C21H25N3O7. The molecule has 1 aromatic heterocycles. The fourth-order valence-corrected chi connectivity index (χ4v) is 2.51. The Kier molecular flexibility index (Phi) is 7.92. The van der Waals surface area contributed by atoms with Crippen LogP contribution in [0.15, 0.2) is 48.7 Å². The Balaban J connectivity index is 2.10. The Hall–Kier alpha value is -3.66. The van der Waals surface area contributed by atoms with Crippen molar-refractivity contribution < 1.29 is 34.1 Å². The lowest BCUT2D eigenvalue weighted by Crippen LogP contribution is -2.45. The summed E-state index contributed by atoms with van der Waals surface area (Å²) in [5, 5.41) is 24.6. The van der Waals surface area contributed by atoms with E-state index in [-0.39, 0.29) is 18.0 Å². The summed E-state index contributed by atoms with van der Waals surface area (Å²) in [4.78, 5) is 39.8. The van der Waals surface area contributed by atoms with E-state index >= 15 is 0 Å². The van der Waals surface area contributed by atoms with Crippen LogP contribution in [-0.2, 0) is 20.9 Å². The van der Waals surface area contributed by atoms with Crippen molar-refractivity contribution >= 4 is 24.0 Å². The number of carbonyl (C=O) groups excluding carboxylic acids is 2. The highest BCUT2D eigenvalue weighted by atomic mass is 16.6. The maximum absolute atomic E-state index is 12.1. The molecule has 0 aliphatic rings. The van der Waals surface area contributed by atoms with Gasteiger partial charge in [0.25, 0.3) is 0 Å². The number of ether oxygens (including phenoxy) is 2. The fourth-order valence-electron chi connectivity index (χ4n) is 2.51. The van der Waals surface area contributed by atoms with Gasteiger partial charge in [-0.25, -0.2) is 19.4 Å². The average molecular weight is 431 g/mol. The standard InChI is InChI=1S/C21H25N3O7/c1-21(2,3)31-20(29)24-17-14(10-7-11-22-17)16(25)15(18(26)27)23-19(28)30-12-13-8-5-4-6-9-13/h4-11,15-16,25H,12H2,1-3H3,(H,23,28)(H,26,27)(H,22,24,29). The lowest BCUT2D eigenvalue weighted by molar-refractivity contribution is -0.142. The SMILES string of the molecule is CC(C)(C)OC(=O)Nc1ncccc1C(O)C(NC(=O)OCc1ccccc1)C(=O)O. The Bertz CT molecular complexity index is 913. The van der Waals surface area contributed by atoms with Crippen LogP contribution in [0, 0.1) is 0 Å². The number of aliphatic hydroxyl groups excluding tert-OH is 1. The predicted molar refractivity (Wildman–Crippen MR) is 110 cm³/mol. The minimum atomic E-state index is -1.76. The van der Waals surface area contributed by atoms with Gasteiger partial charge in [-0.15, -0.1) is 0 Å². The molecule has 4 N–H and O–H groups in total. The molecule has 10 heteroatoms. The van der Waals surface area contributed by atoms with Crippen molar-refractivity contribution in [2.24, 2.45) is 0 Å². The van der Waals surface area contributed by atoms with Crippen LogP contribution in [0.4, 0.5) is 15.4 Å². The Morgan fingerprint density at radius 2 is 1.74 bits per heavy atom. The van der Waals surface area contributed by atoms with E-state index in [2.05, 4.69) is 15.6 Å². The van der Waals surface area contributed by atoms with Crippen molar-refractivity contribution in [3.05, 3.63) is 59.8 Å². The molecule has 0 fully saturated rings. The first-order valence-corrected chi connectivity index (χ1v) is 9.40. The molecule has 2 rings (SSSR count). The predicted octanol–water partition coefficient (Wildman–Crippen LogP) is 2.84. The molecule has 2 unspecified atom stereocenters. The number of aromatic nitrogens is 1. The van der Waals surface area contributed by atoms with Crippen molar-refractivity contribution in [2.45, 2.75) is 45.1 Å². The third-order valence-corrected chi connectivity index (χ3v) is 3.84. The van der Waals surface area contributed by atoms with Crippen molar-refractivity contribution in [2.75, 3.05) is 5.32 Å². The number of aliphatic carboxylic acids is 1. The first-order valence-electron chi connectivity index (χ1n) is 9.40. The number of nitrogens with zero attached hydrogens (tertiary/aromatic N) is 1. The van der Waals surface area contributed by atoms with Gasteiger partial charge in [-0.05, 0) is 32.4 Å². The van der Waals surface area contributed by atoms with Gasteiger partial charge in [0.1, 0.15) is 24.1 Å². The fraction of sp³-hybridized carbons (Fsp3) is 0.333. The van der Waals surface area contributed by atoms with Crippen molar-refractivity contribution in [3.8, 4) is 0 Å². The minimum absolute atomic E-state index is 0.0240. The summed E-state index contributed by atoms with van der Waals surface area (Å²) in [5.74, 6) is -1.61. The van der Waals surface area contributed by atoms with Gasteiger partial charge in [0, 0.05) is 11.8 Å². The number of nitrogens with one attached hydrogen (secondary N) is 2. The van der Waals surface area contributed by atoms with Crippen LogP contribution < -0.4 is 10.6 Å². The Morgan fingerprint density at radius 1 is 1.06 bits per heavy atom. The molecule has 1 heterocycles. The summed E-state index contributed by atoms with van der Waals surface area (Å²) in [6, 6.07) is 9.87. The molecule has 0 saturated heterocycles. The molecule has 166 valence electrons. The number of pyridine rings is 1. The zero-order valence-corrected chi connectivity index (χ0v) is 17.4. The van der Waals surface area contributed by atoms with Crippen LogP contribution in [0.25, 0.3) is 0 Å². The van der Waals surface area contributed by atoms with Gasteiger partial charge in [0.05, 0.1) is 0 Å². The van der Waals surface area contributed by atoms with E-state index in [0.717, 1.165) is 0 Å². The maximum atomic E-state index is 12.1. The van der Waals surface area contributed by atoms with E-state index in [9.17, 15) is 24.6 Å². The van der Waals surface area contributed by atoms with Gasteiger partial charge in [0.2, 0.25) is 0 Å². The van der Waals surface area contributed by atoms with Crippen LogP contribution in [-0.4, -0.2) is 45.0 Å². The molecule has 1 aromatic carbocycles. The molecule has 0 spiro atoms. The molecule has 0 saturated carbocycles. The molecule has 0 aliphatic carbocycles. The number of aliphatic hydroxyl groups is 1. The number of carboxylic acids is 1. The monoisotopic (exact) mass is 431 g/mol. The molecule has 2 aromatic rings. The maximum Gasteiger partial charge on any atom is 0.413 e. The lowest BCUT2D eigenvalue weighted by Gasteiger charge is -2.23. The Labute approximate surface area is 179 Å². The first kappa shape index (κ1) is 23.6. The molecule has 10 nitrogen and oxygen atoms in total. The quantitative estimate of drug-likeness (QED) is 0.523. The van der Waals surface area contributed by atoms with Gasteiger partial charge in [-0.2, -0.15) is 0 Å². The van der Waals surface area contributed by atoms with Crippen molar-refractivity contribution in [3.63, 3.8) is 0 Å². The third-order valence-electron chi connectivity index (χ3n) is 3.84. The number of hydrogen-bond donors (Lipinski definition) is 4. The lowest BCUT2D eigenvalue weighted by atomic mass is 10.0. The highest BCUT2D eigenvalue weighted by Gasteiger charge is 2.32. The number of carbonyl (C=O) groups is 3. The summed E-state index contributed by atoms with van der Waals surface area (Å²) in [6.45, 7) is 4.94. The van der Waals surface area contributed by atoms with Crippen LogP contribution >= 0.6 is 0 Å². The second-order valence-corrected chi connectivity index (χ2v) is 7.53. The van der Waals surface area contributed by atoms with E-state index in [1.807, 2.05) is 0 Å². The topological polar surface area (TPSA) is 147 Å². The first-order chi connectivity index (χ1) is 14.6. The molecular weight excluding hydrogens is 406 g/mol. The molecule has 2 amide bonds. The third kappa shape index (κ3) is 7.59. The van der Waals surface area contributed by atoms with Gasteiger partial charge in [0.15, 0.2) is 6.04 Å². The summed E-state index contributed by atoms with van der Waals surface area (Å²) in [5.41, 5.74) is -0.0870. The van der Waals surface area contributed by atoms with E-state index < -0.39 is 35.9 Å². The number of rotatable bonds is 7. The van der Waals surface area contributed by atoms with E-state index in [1.54, 1.807) is 51.1 Å². The molecule has 2 atom stereocenters. The number of benzene rings is 1. The van der Waals surface area contributed by atoms with Crippen LogP contribution in [0.1, 0.15) is 38.0 Å². The Morgan fingerprint density at radius 3 is 2.35 bits per heavy atom. The zero-order chi connectivity index (χ0) is 23.0. The normalized spacial score (nSPS) is 12.9. The van der Waals surface area contributed by atoms with Crippen molar-refractivity contribution in [1.29, 1.82) is 0 Å². The number of alkyl carbamates (subject to hydrolysis) is 1. The van der Waals surface area contributed by atoms with E-state index in [0.29, 0.717) is 5.56 Å². The van der Waals surface area contributed by atoms with Crippen LogP contribution in [0.3, 0.4) is 0 Å². The number of anilines is 1. The van der Waals surface area contributed by atoms with Gasteiger partial charge in [-0.1, -0.05) is 36.4 Å². The molecule has 0 bridgehead atoms. The highest BCUT2D eigenvalue weighted by molar-refractivity contribution is 5.85. The molecule has 0 radical (unpaired) electrons. The molecule has 0 aliphatic heterocycles. The van der Waals surface area contributed by atoms with Gasteiger partial charge in [-0.3, -0.25) is 5.32 Å². The minimum Gasteiger partial charge on any atom is -0.480 e. The molecule has 31 heavy (non-hydrogen) atoms. The second-order valence-electron chi connectivity index (χ2n) is 7.53. The summed E-state index contributed by atoms with van der Waals surface area (Å²) in [7, 11) is 0. The summed E-state index contributed by atoms with van der Waals surface area (Å²) in [6.07, 6.45) is -2.25. The number of hydrogen-bond acceptors (Lipinski definition) is 7. The van der Waals surface area contributed by atoms with Crippen molar-refractivity contribution in [1.82, 2.24) is 10.3 Å². The van der Waals surface area contributed by atoms with Gasteiger partial charge >= 0.3 is 18.2 Å².